The van der Waals surface area contributed by atoms with Gasteiger partial charge in [0.25, 0.3) is 5.95 Å². The molecule has 0 aromatic carbocycles. The molecule has 1 aromatic rings. The van der Waals surface area contributed by atoms with Gasteiger partial charge in [-0.05, 0) is 23.2 Å². The SMILES string of the molecule is N/N=N/c1nc(Cl)nc(Cl)n1. The van der Waals surface area contributed by atoms with Crippen molar-refractivity contribution in [2.45, 2.75) is 0 Å². The lowest BCUT2D eigenvalue weighted by atomic mass is 11.0. The van der Waals surface area contributed by atoms with Crippen LogP contribution in [0.5, 0.6) is 0 Å². The van der Waals surface area contributed by atoms with Crippen LogP contribution in [0.15, 0.2) is 10.3 Å². The van der Waals surface area contributed by atoms with Crippen molar-refractivity contribution in [2.24, 2.45) is 16.2 Å². The van der Waals surface area contributed by atoms with E-state index in [0.29, 0.717) is 0 Å². The number of halogens is 2. The predicted octanol–water partition coefficient (Wildman–Crippen LogP) is 1.14. The first-order chi connectivity index (χ1) is 5.22. The Morgan fingerprint density at radius 3 is 2.09 bits per heavy atom. The Hall–Kier alpha value is -1.01. The highest BCUT2D eigenvalue weighted by molar-refractivity contribution is 6.31. The van der Waals surface area contributed by atoms with E-state index < -0.39 is 0 Å². The Morgan fingerprint density at radius 1 is 1.09 bits per heavy atom. The van der Waals surface area contributed by atoms with Crippen molar-refractivity contribution in [3.8, 4) is 0 Å². The number of hydrogen-bond donors (Lipinski definition) is 1. The molecule has 0 unspecified atom stereocenters. The van der Waals surface area contributed by atoms with Crippen LogP contribution < -0.4 is 5.84 Å². The Balaban J connectivity index is 3.08. The molecule has 8 heteroatoms. The molecule has 0 fully saturated rings. The normalized spacial score (nSPS) is 10.7. The quantitative estimate of drug-likeness (QED) is 0.411. The van der Waals surface area contributed by atoms with Crippen LogP contribution in [0.3, 0.4) is 0 Å². The fourth-order valence-corrected chi connectivity index (χ4v) is 0.767. The third kappa shape index (κ3) is 2.24. The Morgan fingerprint density at radius 2 is 1.64 bits per heavy atom. The van der Waals surface area contributed by atoms with Gasteiger partial charge in [-0.2, -0.15) is 15.0 Å². The molecule has 1 aromatic heterocycles. The molecule has 0 saturated carbocycles. The monoisotopic (exact) mass is 192 g/mol. The number of nitrogens with two attached hydrogens (primary N) is 1. The third-order valence-electron chi connectivity index (χ3n) is 0.716. The Labute approximate surface area is 71.5 Å². The first-order valence-electron chi connectivity index (χ1n) is 2.40. The maximum atomic E-state index is 5.40. The summed E-state index contributed by atoms with van der Waals surface area (Å²) in [4.78, 5) is 10.6. The van der Waals surface area contributed by atoms with E-state index in [0.717, 1.165) is 0 Å². The molecule has 0 bridgehead atoms. The minimum atomic E-state index is -0.0487. The van der Waals surface area contributed by atoms with Crippen LogP contribution in [-0.2, 0) is 0 Å². The van der Waals surface area contributed by atoms with Gasteiger partial charge in [0.05, 0.1) is 0 Å². The first kappa shape index (κ1) is 8.09. The van der Waals surface area contributed by atoms with Gasteiger partial charge in [-0.3, -0.25) is 0 Å². The van der Waals surface area contributed by atoms with Crippen molar-refractivity contribution >= 4 is 29.2 Å². The largest absolute Gasteiger partial charge is 0.304 e. The molecule has 2 N–H and O–H groups in total. The lowest BCUT2D eigenvalue weighted by Crippen LogP contribution is -1.88. The molecule has 0 amide bonds. The van der Waals surface area contributed by atoms with Gasteiger partial charge in [0.1, 0.15) is 0 Å². The van der Waals surface area contributed by atoms with Crippen LogP contribution in [0.1, 0.15) is 0 Å². The second-order valence-corrected chi connectivity index (χ2v) is 2.07. The van der Waals surface area contributed by atoms with Gasteiger partial charge in [0.2, 0.25) is 10.6 Å². The summed E-state index contributed by atoms with van der Waals surface area (Å²) in [6.45, 7) is 0. The maximum absolute atomic E-state index is 5.40. The van der Waals surface area contributed by atoms with Crippen molar-refractivity contribution in [3.05, 3.63) is 10.6 Å². The molecular weight excluding hydrogens is 191 g/mol. The number of nitrogens with zero attached hydrogens (tertiary/aromatic N) is 5. The molecule has 0 atom stereocenters. The Kier molecular flexibility index (Phi) is 2.50. The van der Waals surface area contributed by atoms with Crippen LogP contribution in [0.4, 0.5) is 5.95 Å². The van der Waals surface area contributed by atoms with Crippen LogP contribution in [0.25, 0.3) is 0 Å². The van der Waals surface area contributed by atoms with Gasteiger partial charge in [-0.25, -0.2) is 0 Å². The zero-order valence-electron chi connectivity index (χ0n) is 5.07. The minimum absolute atomic E-state index is 0.0162. The summed E-state index contributed by atoms with van der Waals surface area (Å²) >= 11 is 10.8. The van der Waals surface area contributed by atoms with E-state index >= 15 is 0 Å². The van der Waals surface area contributed by atoms with Gasteiger partial charge >= 0.3 is 0 Å². The van der Waals surface area contributed by atoms with E-state index in [2.05, 4.69) is 25.3 Å². The third-order valence-corrected chi connectivity index (χ3v) is 1.05. The van der Waals surface area contributed by atoms with Crippen molar-refractivity contribution in [1.29, 1.82) is 0 Å². The fraction of sp³-hybridized carbons (Fsp3) is 0. The minimum Gasteiger partial charge on any atom is -0.304 e. The van der Waals surface area contributed by atoms with Crippen molar-refractivity contribution in [2.75, 3.05) is 0 Å². The predicted molar refractivity (Wildman–Crippen MR) is 38.6 cm³/mol. The van der Waals surface area contributed by atoms with E-state index in [1.54, 1.807) is 0 Å². The van der Waals surface area contributed by atoms with E-state index in [9.17, 15) is 0 Å². The van der Waals surface area contributed by atoms with E-state index in [1.807, 2.05) is 0 Å². The maximum Gasteiger partial charge on any atom is 0.276 e. The molecule has 0 aliphatic rings. The highest BCUT2D eigenvalue weighted by atomic mass is 35.5. The molecule has 1 heterocycles. The van der Waals surface area contributed by atoms with E-state index in [-0.39, 0.29) is 16.5 Å². The second kappa shape index (κ2) is 3.40. The molecule has 58 valence electrons. The lowest BCUT2D eigenvalue weighted by Gasteiger charge is -1.90. The van der Waals surface area contributed by atoms with Gasteiger partial charge < -0.3 is 5.84 Å². The molecule has 6 nitrogen and oxygen atoms in total. The van der Waals surface area contributed by atoms with Crippen molar-refractivity contribution in [3.63, 3.8) is 0 Å². The average molecular weight is 193 g/mol. The van der Waals surface area contributed by atoms with Crippen LogP contribution in [0.2, 0.25) is 10.6 Å². The Bertz CT molecular complexity index is 265. The summed E-state index contributed by atoms with van der Waals surface area (Å²) in [5.74, 6) is 4.72. The topological polar surface area (TPSA) is 89.4 Å². The smallest absolute Gasteiger partial charge is 0.276 e. The molecule has 0 radical (unpaired) electrons. The van der Waals surface area contributed by atoms with Gasteiger partial charge in [0.15, 0.2) is 0 Å². The molecule has 1 rings (SSSR count). The molecular formula is C3H2Cl2N6. The zero-order chi connectivity index (χ0) is 8.27. The summed E-state index contributed by atoms with van der Waals surface area (Å²) in [6, 6.07) is 0. The first-order valence-corrected chi connectivity index (χ1v) is 3.16. The van der Waals surface area contributed by atoms with Gasteiger partial charge in [-0.15, -0.1) is 0 Å². The summed E-state index contributed by atoms with van der Waals surface area (Å²) in [6.07, 6.45) is 0. The van der Waals surface area contributed by atoms with E-state index in [4.69, 9.17) is 29.0 Å². The molecule has 0 aliphatic heterocycles. The summed E-state index contributed by atoms with van der Waals surface area (Å²) < 4.78 is 0. The summed E-state index contributed by atoms with van der Waals surface area (Å²) in [7, 11) is 0. The standard InChI is InChI=1S/C3H2Cl2N6/c4-1-7-2(5)9-3(8-1)10-11-6/h(H2,6,7,8,9,10). The van der Waals surface area contributed by atoms with Gasteiger partial charge in [-0.1, -0.05) is 10.3 Å². The van der Waals surface area contributed by atoms with Crippen LogP contribution in [-0.4, -0.2) is 15.0 Å². The second-order valence-electron chi connectivity index (χ2n) is 1.39. The summed E-state index contributed by atoms with van der Waals surface area (Å²) in [5, 5.41) is 6.15. The van der Waals surface area contributed by atoms with Crippen molar-refractivity contribution in [1.82, 2.24) is 15.0 Å². The lowest BCUT2D eigenvalue weighted by molar-refractivity contribution is 0.959. The highest BCUT2D eigenvalue weighted by Gasteiger charge is 2.00. The van der Waals surface area contributed by atoms with Crippen LogP contribution in [0, 0.1) is 0 Å². The number of rotatable bonds is 1. The van der Waals surface area contributed by atoms with Crippen LogP contribution >= 0.6 is 23.2 Å². The fourth-order valence-electron chi connectivity index (χ4n) is 0.413. The van der Waals surface area contributed by atoms with E-state index in [1.165, 1.54) is 0 Å². The molecule has 11 heavy (non-hydrogen) atoms. The average Bonchev–Trinajstić information content (AvgIpc) is 1.85. The molecule has 0 aliphatic carbocycles. The zero-order valence-corrected chi connectivity index (χ0v) is 6.58. The number of hydrogen-bond acceptors (Lipinski definition) is 5. The molecule has 0 spiro atoms. The highest BCUT2D eigenvalue weighted by Crippen LogP contribution is 2.11. The van der Waals surface area contributed by atoms with Crippen molar-refractivity contribution < 1.29 is 0 Å². The van der Waals surface area contributed by atoms with Gasteiger partial charge in [0, 0.05) is 0 Å². The number of aromatic nitrogens is 3. The summed E-state index contributed by atoms with van der Waals surface area (Å²) in [5.41, 5.74) is 0. The molecule has 0 saturated heterocycles.